The van der Waals surface area contributed by atoms with E-state index < -0.39 is 26.6 Å². The molecule has 2 heterocycles. The minimum absolute atomic E-state index is 0.155. The van der Waals surface area contributed by atoms with E-state index in [0.717, 1.165) is 22.5 Å². The van der Waals surface area contributed by atoms with Crippen LogP contribution in [0.5, 0.6) is 0 Å². The molecule has 130 valence electrons. The van der Waals surface area contributed by atoms with Crippen LogP contribution in [0.3, 0.4) is 0 Å². The predicted molar refractivity (Wildman–Crippen MR) is 85.7 cm³/mol. The number of benzene rings is 1. The molecule has 0 saturated carbocycles. The second-order valence-electron chi connectivity index (χ2n) is 5.22. The molecule has 0 radical (unpaired) electrons. The minimum atomic E-state index is -4.45. The number of sulfonamides is 1. The van der Waals surface area contributed by atoms with E-state index in [2.05, 4.69) is 4.98 Å². The molecule has 3 aromatic rings. The zero-order chi connectivity index (χ0) is 17.9. The number of aromatic nitrogens is 1. The summed E-state index contributed by atoms with van der Waals surface area (Å²) in [6.45, 7) is -0.336. The Kier molecular flexibility index (Phi) is 4.91. The number of nitrogens with zero attached hydrogens (tertiary/aromatic N) is 2. The van der Waals surface area contributed by atoms with Gasteiger partial charge in [-0.25, -0.2) is 17.2 Å². The zero-order valence-electron chi connectivity index (χ0n) is 13.0. The van der Waals surface area contributed by atoms with Crippen molar-refractivity contribution in [2.24, 2.45) is 0 Å². The Hall–Kier alpha value is -2.58. The quantitative estimate of drug-likeness (QED) is 0.673. The molecule has 0 atom stereocenters. The molecule has 8 heteroatoms. The highest BCUT2D eigenvalue weighted by molar-refractivity contribution is 7.89. The lowest BCUT2D eigenvalue weighted by Gasteiger charge is -2.21. The lowest BCUT2D eigenvalue weighted by molar-refractivity contribution is 0.351. The van der Waals surface area contributed by atoms with E-state index >= 15 is 0 Å². The Labute approximate surface area is 143 Å². The maximum Gasteiger partial charge on any atom is 0.249 e. The molecule has 25 heavy (non-hydrogen) atoms. The molecule has 5 nitrogen and oxygen atoms in total. The van der Waals surface area contributed by atoms with Gasteiger partial charge in [0.05, 0.1) is 25.0 Å². The summed E-state index contributed by atoms with van der Waals surface area (Å²) in [5, 5.41) is 0. The van der Waals surface area contributed by atoms with Gasteiger partial charge in [0.15, 0.2) is 4.90 Å². The Balaban J connectivity index is 2.03. The number of pyridine rings is 1. The van der Waals surface area contributed by atoms with Crippen LogP contribution in [0.4, 0.5) is 8.78 Å². The highest BCUT2D eigenvalue weighted by atomic mass is 32.2. The van der Waals surface area contributed by atoms with Crippen molar-refractivity contribution in [1.29, 1.82) is 0 Å². The molecule has 3 rings (SSSR count). The van der Waals surface area contributed by atoms with E-state index in [9.17, 15) is 17.2 Å². The minimum Gasteiger partial charge on any atom is -0.468 e. The average Bonchev–Trinajstić information content (AvgIpc) is 3.08. The van der Waals surface area contributed by atoms with Crippen molar-refractivity contribution in [3.63, 3.8) is 0 Å². The molecular weight excluding hydrogens is 350 g/mol. The number of hydrogen-bond donors (Lipinski definition) is 0. The molecule has 0 saturated heterocycles. The summed E-state index contributed by atoms with van der Waals surface area (Å²) >= 11 is 0. The van der Waals surface area contributed by atoms with Gasteiger partial charge < -0.3 is 4.42 Å². The fraction of sp³-hybridized carbons (Fsp3) is 0.118. The van der Waals surface area contributed by atoms with E-state index in [4.69, 9.17) is 4.42 Å². The standard InChI is InChI=1S/C17H14F2N2O3S/c18-15-7-3-8-16(19)17(15)25(22,23)21(12-14-6-4-10-24-14)11-13-5-1-2-9-20-13/h1-10H,11-12H2. The predicted octanol–water partition coefficient (Wildman–Crippen LogP) is 3.34. The van der Waals surface area contributed by atoms with Crippen LogP contribution in [-0.4, -0.2) is 17.7 Å². The Bertz CT molecular complexity index is 925. The SMILES string of the molecule is O=S(=O)(c1c(F)cccc1F)N(Cc1ccccn1)Cc1ccco1. The number of rotatable bonds is 6. The van der Waals surface area contributed by atoms with Gasteiger partial charge in [0.2, 0.25) is 10.0 Å². The van der Waals surface area contributed by atoms with Crippen molar-refractivity contribution in [1.82, 2.24) is 9.29 Å². The summed E-state index contributed by atoms with van der Waals surface area (Å²) in [6, 6.07) is 11.1. The maximum absolute atomic E-state index is 14.0. The van der Waals surface area contributed by atoms with Gasteiger partial charge in [-0.05, 0) is 36.4 Å². The molecule has 0 N–H and O–H groups in total. The molecule has 1 aromatic carbocycles. The van der Waals surface area contributed by atoms with Gasteiger partial charge >= 0.3 is 0 Å². The van der Waals surface area contributed by atoms with E-state index in [0.29, 0.717) is 11.5 Å². The summed E-state index contributed by atoms with van der Waals surface area (Å²) in [7, 11) is -4.45. The van der Waals surface area contributed by atoms with Crippen LogP contribution in [0, 0.1) is 11.6 Å². The Morgan fingerprint density at radius 1 is 0.960 bits per heavy atom. The molecule has 0 unspecified atom stereocenters. The van der Waals surface area contributed by atoms with Crippen molar-refractivity contribution in [3.05, 3.63) is 84.1 Å². The molecule has 0 aliphatic rings. The van der Waals surface area contributed by atoms with Gasteiger partial charge in [-0.3, -0.25) is 4.98 Å². The molecule has 0 amide bonds. The zero-order valence-corrected chi connectivity index (χ0v) is 13.8. The first-order valence-electron chi connectivity index (χ1n) is 7.35. The first-order chi connectivity index (χ1) is 12.0. The normalized spacial score (nSPS) is 11.8. The summed E-state index contributed by atoms with van der Waals surface area (Å²) in [4.78, 5) is 3.09. The highest BCUT2D eigenvalue weighted by Gasteiger charge is 2.31. The average molecular weight is 364 g/mol. The third kappa shape index (κ3) is 3.75. The number of hydrogen-bond acceptors (Lipinski definition) is 4. The van der Waals surface area contributed by atoms with Crippen molar-refractivity contribution in [2.75, 3.05) is 0 Å². The third-order valence-corrected chi connectivity index (χ3v) is 5.34. The Morgan fingerprint density at radius 2 is 1.72 bits per heavy atom. The van der Waals surface area contributed by atoms with Crippen LogP contribution in [0.25, 0.3) is 0 Å². The second kappa shape index (κ2) is 7.12. The molecule has 0 bridgehead atoms. The summed E-state index contributed by atoms with van der Waals surface area (Å²) in [5.41, 5.74) is 0.439. The molecule has 2 aromatic heterocycles. The van der Waals surface area contributed by atoms with Crippen LogP contribution in [0.15, 0.2) is 70.3 Å². The van der Waals surface area contributed by atoms with Crippen molar-refractivity contribution in [2.45, 2.75) is 18.0 Å². The van der Waals surface area contributed by atoms with Crippen molar-refractivity contribution < 1.29 is 21.6 Å². The molecule has 0 aliphatic heterocycles. The second-order valence-corrected chi connectivity index (χ2v) is 7.10. The fourth-order valence-electron chi connectivity index (χ4n) is 2.33. The lowest BCUT2D eigenvalue weighted by Crippen LogP contribution is -2.31. The van der Waals surface area contributed by atoms with Gasteiger partial charge in [0.1, 0.15) is 17.4 Å². The van der Waals surface area contributed by atoms with Crippen LogP contribution in [-0.2, 0) is 23.1 Å². The molecule has 0 aliphatic carbocycles. The molecule has 0 fully saturated rings. The first-order valence-corrected chi connectivity index (χ1v) is 8.79. The topological polar surface area (TPSA) is 63.4 Å². The molecule has 0 spiro atoms. The van der Waals surface area contributed by atoms with Gasteiger partial charge in [-0.2, -0.15) is 4.31 Å². The van der Waals surface area contributed by atoms with E-state index in [1.54, 1.807) is 30.3 Å². The van der Waals surface area contributed by atoms with E-state index in [1.165, 1.54) is 12.5 Å². The van der Waals surface area contributed by atoms with Crippen LogP contribution in [0.1, 0.15) is 11.5 Å². The maximum atomic E-state index is 14.0. The largest absolute Gasteiger partial charge is 0.468 e. The van der Waals surface area contributed by atoms with Crippen molar-refractivity contribution in [3.8, 4) is 0 Å². The highest BCUT2D eigenvalue weighted by Crippen LogP contribution is 2.25. The van der Waals surface area contributed by atoms with Gasteiger partial charge in [-0.1, -0.05) is 12.1 Å². The number of halogens is 2. The summed E-state index contributed by atoms with van der Waals surface area (Å²) in [6.07, 6.45) is 2.90. The van der Waals surface area contributed by atoms with Crippen molar-refractivity contribution >= 4 is 10.0 Å². The van der Waals surface area contributed by atoms with Gasteiger partial charge in [0, 0.05) is 6.20 Å². The Morgan fingerprint density at radius 3 is 2.32 bits per heavy atom. The monoisotopic (exact) mass is 364 g/mol. The third-order valence-electron chi connectivity index (χ3n) is 3.49. The summed E-state index contributed by atoms with van der Waals surface area (Å²) < 4.78 is 59.9. The number of furan rings is 1. The van der Waals surface area contributed by atoms with Gasteiger partial charge in [0.25, 0.3) is 0 Å². The first kappa shape index (κ1) is 17.2. The smallest absolute Gasteiger partial charge is 0.249 e. The van der Waals surface area contributed by atoms with Crippen LogP contribution < -0.4 is 0 Å². The molecular formula is C17H14F2N2O3S. The van der Waals surface area contributed by atoms with Crippen LogP contribution in [0.2, 0.25) is 0 Å². The van der Waals surface area contributed by atoms with Crippen LogP contribution >= 0.6 is 0 Å². The van der Waals surface area contributed by atoms with E-state index in [1.807, 2.05) is 0 Å². The lowest BCUT2D eigenvalue weighted by atomic mass is 10.3. The van der Waals surface area contributed by atoms with Gasteiger partial charge in [-0.15, -0.1) is 0 Å². The summed E-state index contributed by atoms with van der Waals surface area (Å²) in [5.74, 6) is -1.95. The van der Waals surface area contributed by atoms with E-state index in [-0.39, 0.29) is 13.1 Å². The fourth-order valence-corrected chi connectivity index (χ4v) is 3.82.